The van der Waals surface area contributed by atoms with E-state index >= 15 is 0 Å². The van der Waals surface area contributed by atoms with Crippen LogP contribution in [0.15, 0.2) is 38.7 Å². The van der Waals surface area contributed by atoms with Crippen molar-refractivity contribution in [3.8, 4) is 0 Å². The maximum atomic E-state index is 13.1. The van der Waals surface area contributed by atoms with E-state index in [2.05, 4.69) is 25.9 Å². The molecule has 10 heteroatoms. The number of benzene rings is 1. The van der Waals surface area contributed by atoms with Gasteiger partial charge in [0.15, 0.2) is 5.96 Å². The largest absolute Gasteiger partial charge is 0.481 e. The van der Waals surface area contributed by atoms with Crippen molar-refractivity contribution in [3.05, 3.63) is 28.7 Å². The van der Waals surface area contributed by atoms with E-state index in [4.69, 9.17) is 21.4 Å². The fourth-order valence-electron chi connectivity index (χ4n) is 1.81. The fraction of sp³-hybridized carbons (Fsp3) is 0.357. The monoisotopic (exact) mass is 405 g/mol. The number of hydrogen-bond acceptors (Lipinski definition) is 2. The van der Waals surface area contributed by atoms with E-state index in [-0.39, 0.29) is 24.9 Å². The quantitative estimate of drug-likeness (QED) is 0.488. The average molecular weight is 406 g/mol. The van der Waals surface area contributed by atoms with Gasteiger partial charge in [-0.05, 0) is 28.1 Å². The van der Waals surface area contributed by atoms with E-state index in [1.54, 1.807) is 18.2 Å². The molecule has 1 fully saturated rings. The standard InChI is InChI=1S/C12H14BrF2N5.C2H4O2/c13-8-3-1-2-4-9(8)18-10(16)19-11(17)20-6-5-12(14,15)7-20;1-2(3)4/h1-4H,5-7H2,(H4,16,17,18,19);1H3,(H,3,4). The molecule has 0 atom stereocenters. The lowest BCUT2D eigenvalue weighted by atomic mass is 10.3. The number of nitrogens with two attached hydrogens (primary N) is 2. The van der Waals surface area contributed by atoms with Gasteiger partial charge in [-0.1, -0.05) is 12.1 Å². The number of carboxylic acids is 1. The third kappa shape index (κ3) is 6.90. The summed E-state index contributed by atoms with van der Waals surface area (Å²) in [5, 5.41) is 7.42. The number of aliphatic imine (C=N–C) groups is 2. The lowest BCUT2D eigenvalue weighted by molar-refractivity contribution is -0.134. The van der Waals surface area contributed by atoms with Crippen LogP contribution in [-0.4, -0.2) is 46.9 Å². The molecule has 0 unspecified atom stereocenters. The van der Waals surface area contributed by atoms with Gasteiger partial charge in [-0.3, -0.25) is 4.79 Å². The van der Waals surface area contributed by atoms with E-state index in [0.29, 0.717) is 5.69 Å². The summed E-state index contributed by atoms with van der Waals surface area (Å²) in [6.45, 7) is 0.801. The Balaban J connectivity index is 0.000000648. The van der Waals surface area contributed by atoms with E-state index < -0.39 is 18.4 Å². The Morgan fingerprint density at radius 2 is 1.96 bits per heavy atom. The Labute approximate surface area is 146 Å². The second-order valence-corrected chi connectivity index (χ2v) is 5.79. The number of hydrogen-bond donors (Lipinski definition) is 3. The second kappa shape index (κ2) is 8.57. The maximum absolute atomic E-state index is 13.1. The molecule has 1 saturated heterocycles. The van der Waals surface area contributed by atoms with Crippen LogP contribution < -0.4 is 11.5 Å². The Bertz CT molecular complexity index is 648. The molecule has 24 heavy (non-hydrogen) atoms. The summed E-state index contributed by atoms with van der Waals surface area (Å²) in [7, 11) is 0. The highest BCUT2D eigenvalue weighted by Crippen LogP contribution is 2.26. The van der Waals surface area contributed by atoms with Gasteiger partial charge in [0.2, 0.25) is 5.96 Å². The molecule has 7 nitrogen and oxygen atoms in total. The van der Waals surface area contributed by atoms with Gasteiger partial charge in [-0.25, -0.2) is 13.8 Å². The molecule has 1 aromatic rings. The molecule has 2 rings (SSSR count). The smallest absolute Gasteiger partial charge is 0.300 e. The molecule has 132 valence electrons. The SMILES string of the molecule is CC(=O)O.NC(=Nc1ccccc1Br)N=C(N)N1CCC(F)(F)C1. The molecule has 0 amide bonds. The molecule has 0 spiro atoms. The van der Waals surface area contributed by atoms with Gasteiger partial charge in [0.25, 0.3) is 11.9 Å². The molecule has 0 aromatic heterocycles. The Hall–Kier alpha value is -2.23. The molecule has 0 radical (unpaired) electrons. The van der Waals surface area contributed by atoms with Crippen molar-refractivity contribution >= 4 is 39.5 Å². The summed E-state index contributed by atoms with van der Waals surface area (Å²) in [6.07, 6.45) is -0.232. The van der Waals surface area contributed by atoms with Crippen LogP contribution >= 0.6 is 15.9 Å². The molecule has 1 heterocycles. The zero-order valence-electron chi connectivity index (χ0n) is 12.9. The normalized spacial score (nSPS) is 17.2. The summed E-state index contributed by atoms with van der Waals surface area (Å²) in [6, 6.07) is 7.18. The van der Waals surface area contributed by atoms with Gasteiger partial charge in [0, 0.05) is 24.4 Å². The minimum absolute atomic E-state index is 0.0459. The topological polar surface area (TPSA) is 117 Å². The molecule has 0 aliphatic carbocycles. The van der Waals surface area contributed by atoms with E-state index in [0.717, 1.165) is 11.4 Å². The van der Waals surface area contributed by atoms with Crippen molar-refractivity contribution in [1.82, 2.24) is 4.90 Å². The summed E-state index contributed by atoms with van der Waals surface area (Å²) in [4.78, 5) is 18.2. The van der Waals surface area contributed by atoms with Crippen LogP contribution in [0, 0.1) is 0 Å². The van der Waals surface area contributed by atoms with Crippen LogP contribution in [0.2, 0.25) is 0 Å². The number of rotatable bonds is 1. The van der Waals surface area contributed by atoms with Crippen LogP contribution in [0.1, 0.15) is 13.3 Å². The van der Waals surface area contributed by atoms with Gasteiger partial charge < -0.3 is 21.5 Å². The van der Waals surface area contributed by atoms with Crippen LogP contribution in [0.3, 0.4) is 0 Å². The summed E-state index contributed by atoms with van der Waals surface area (Å²) >= 11 is 3.32. The van der Waals surface area contributed by atoms with Gasteiger partial charge in [-0.2, -0.15) is 4.99 Å². The lowest BCUT2D eigenvalue weighted by Crippen LogP contribution is -2.38. The predicted molar refractivity (Wildman–Crippen MR) is 91.5 cm³/mol. The first-order valence-electron chi connectivity index (χ1n) is 6.86. The van der Waals surface area contributed by atoms with Crippen molar-refractivity contribution in [2.24, 2.45) is 21.5 Å². The van der Waals surface area contributed by atoms with Gasteiger partial charge in [0.1, 0.15) is 0 Å². The van der Waals surface area contributed by atoms with E-state index in [1.165, 1.54) is 4.90 Å². The fourth-order valence-corrected chi connectivity index (χ4v) is 2.18. The highest BCUT2D eigenvalue weighted by molar-refractivity contribution is 9.10. The Morgan fingerprint density at radius 1 is 1.38 bits per heavy atom. The van der Waals surface area contributed by atoms with E-state index in [9.17, 15) is 8.78 Å². The lowest BCUT2D eigenvalue weighted by Gasteiger charge is -2.16. The number of guanidine groups is 2. The molecule has 5 N–H and O–H groups in total. The Kier molecular flexibility index (Phi) is 7.08. The van der Waals surface area contributed by atoms with Crippen LogP contribution in [0.5, 0.6) is 0 Å². The third-order valence-corrected chi connectivity index (χ3v) is 3.48. The molecule has 1 aliphatic rings. The number of likely N-dealkylation sites (tertiary alicyclic amines) is 1. The number of alkyl halides is 2. The predicted octanol–water partition coefficient (Wildman–Crippen LogP) is 2.14. The maximum Gasteiger partial charge on any atom is 0.300 e. The first-order valence-corrected chi connectivity index (χ1v) is 7.65. The zero-order chi connectivity index (χ0) is 18.3. The molecular weight excluding hydrogens is 388 g/mol. The highest BCUT2D eigenvalue weighted by Gasteiger charge is 2.39. The summed E-state index contributed by atoms with van der Waals surface area (Å²) < 4.78 is 26.9. The molecule has 0 bridgehead atoms. The number of nitrogens with zero attached hydrogens (tertiary/aromatic N) is 3. The van der Waals surface area contributed by atoms with Crippen molar-refractivity contribution in [2.45, 2.75) is 19.3 Å². The van der Waals surface area contributed by atoms with Crippen molar-refractivity contribution in [1.29, 1.82) is 0 Å². The first-order chi connectivity index (χ1) is 11.1. The second-order valence-electron chi connectivity index (χ2n) is 4.94. The Morgan fingerprint density at radius 3 is 2.46 bits per heavy atom. The van der Waals surface area contributed by atoms with Crippen LogP contribution in [0.25, 0.3) is 0 Å². The van der Waals surface area contributed by atoms with Crippen molar-refractivity contribution in [3.63, 3.8) is 0 Å². The number of carboxylic acid groups (broad SMARTS) is 1. The third-order valence-electron chi connectivity index (χ3n) is 2.81. The van der Waals surface area contributed by atoms with Gasteiger partial charge in [0.05, 0.1) is 12.2 Å². The van der Waals surface area contributed by atoms with Crippen molar-refractivity contribution < 1.29 is 18.7 Å². The minimum atomic E-state index is -2.73. The number of carbonyl (C=O) groups is 1. The molecule has 1 aliphatic heterocycles. The number of aliphatic carboxylic acids is 1. The number of halogens is 3. The first kappa shape index (κ1) is 19.8. The minimum Gasteiger partial charge on any atom is -0.481 e. The van der Waals surface area contributed by atoms with Crippen molar-refractivity contribution in [2.75, 3.05) is 13.1 Å². The average Bonchev–Trinajstić information content (AvgIpc) is 2.81. The van der Waals surface area contributed by atoms with Crippen LogP contribution in [-0.2, 0) is 4.79 Å². The summed E-state index contributed by atoms with van der Waals surface area (Å²) in [5.74, 6) is -3.69. The molecule has 0 saturated carbocycles. The summed E-state index contributed by atoms with van der Waals surface area (Å²) in [5.41, 5.74) is 11.9. The van der Waals surface area contributed by atoms with E-state index in [1.807, 2.05) is 6.07 Å². The van der Waals surface area contributed by atoms with Crippen LogP contribution in [0.4, 0.5) is 14.5 Å². The van der Waals surface area contributed by atoms with Gasteiger partial charge in [-0.15, -0.1) is 0 Å². The molecular formula is C14H18BrF2N5O2. The zero-order valence-corrected chi connectivity index (χ0v) is 14.5. The van der Waals surface area contributed by atoms with Gasteiger partial charge >= 0.3 is 0 Å². The molecule has 1 aromatic carbocycles. The highest BCUT2D eigenvalue weighted by atomic mass is 79.9. The number of para-hydroxylation sites is 1.